The van der Waals surface area contributed by atoms with Crippen LogP contribution in [0, 0.1) is 0 Å². The number of carbonyl (C=O) groups is 1. The van der Waals surface area contributed by atoms with Gasteiger partial charge in [-0.1, -0.05) is 62.8 Å². The van der Waals surface area contributed by atoms with Gasteiger partial charge in [-0.25, -0.2) is 0 Å². The maximum absolute atomic E-state index is 12.5. The molecule has 1 aromatic heterocycles. The summed E-state index contributed by atoms with van der Waals surface area (Å²) in [6, 6.07) is 1.22. The number of carbonyl (C=O) groups excluding carboxylic acids is 1. The molecule has 0 aromatic carbocycles. The monoisotopic (exact) mass is 414 g/mol. The van der Waals surface area contributed by atoms with E-state index in [9.17, 15) is 19.8 Å². The standard InChI is InChI=1S/C24H30O6/c1-4-7-9-19-21(26)13-18-14-22(27)29-15-17(12-16(6-3)8-5-2)10-11-20(25)23(28)24(19)30-18/h7-13,20,23,25,28H,4-6,14-15H2,1-3H3/b9-7+,11-10+,16-8+,17-12-. The fourth-order valence-corrected chi connectivity index (χ4v) is 3.06. The van der Waals surface area contributed by atoms with E-state index in [4.69, 9.17) is 9.15 Å². The lowest BCUT2D eigenvalue weighted by Gasteiger charge is -2.18. The van der Waals surface area contributed by atoms with E-state index in [-0.39, 0.29) is 30.1 Å². The maximum atomic E-state index is 12.5. The van der Waals surface area contributed by atoms with Crippen LogP contribution in [0.25, 0.3) is 6.08 Å². The van der Waals surface area contributed by atoms with Gasteiger partial charge < -0.3 is 19.4 Å². The Hall–Kier alpha value is -2.70. The number of aliphatic hydroxyl groups is 2. The molecule has 1 aliphatic rings. The second-order valence-electron chi connectivity index (χ2n) is 7.06. The van der Waals surface area contributed by atoms with Crippen molar-refractivity contribution >= 4 is 12.0 Å². The van der Waals surface area contributed by atoms with E-state index < -0.39 is 23.6 Å². The van der Waals surface area contributed by atoms with Crippen molar-refractivity contribution in [2.24, 2.45) is 0 Å². The fraction of sp³-hybridized carbons (Fsp3) is 0.417. The van der Waals surface area contributed by atoms with Gasteiger partial charge in [0.25, 0.3) is 0 Å². The van der Waals surface area contributed by atoms with Gasteiger partial charge >= 0.3 is 5.97 Å². The van der Waals surface area contributed by atoms with E-state index in [1.165, 1.54) is 12.1 Å². The molecular weight excluding hydrogens is 384 g/mol. The number of cyclic esters (lactones) is 1. The maximum Gasteiger partial charge on any atom is 0.313 e. The predicted octanol–water partition coefficient (Wildman–Crippen LogP) is 3.79. The second kappa shape index (κ2) is 11.5. The summed E-state index contributed by atoms with van der Waals surface area (Å²) >= 11 is 0. The van der Waals surface area contributed by atoms with Gasteiger partial charge in [0.15, 0.2) is 5.43 Å². The van der Waals surface area contributed by atoms with Crippen LogP contribution in [0.2, 0.25) is 0 Å². The summed E-state index contributed by atoms with van der Waals surface area (Å²) in [5.74, 6) is -0.540. The number of fused-ring (bicyclic) bond motifs is 2. The van der Waals surface area contributed by atoms with E-state index in [1.807, 2.05) is 26.8 Å². The van der Waals surface area contributed by atoms with Gasteiger partial charge in [0.05, 0.1) is 5.56 Å². The first-order valence-corrected chi connectivity index (χ1v) is 10.3. The molecule has 0 saturated carbocycles. The molecule has 0 radical (unpaired) electrons. The Bertz CT molecular complexity index is 916. The minimum atomic E-state index is -1.46. The molecule has 2 heterocycles. The van der Waals surface area contributed by atoms with Crippen molar-refractivity contribution in [2.45, 2.75) is 58.7 Å². The van der Waals surface area contributed by atoms with Crippen LogP contribution < -0.4 is 5.43 Å². The summed E-state index contributed by atoms with van der Waals surface area (Å²) < 4.78 is 11.0. The topological polar surface area (TPSA) is 97.0 Å². The third-order valence-electron chi connectivity index (χ3n) is 4.65. The highest BCUT2D eigenvalue weighted by molar-refractivity contribution is 5.72. The average molecular weight is 414 g/mol. The summed E-state index contributed by atoms with van der Waals surface area (Å²) in [4.78, 5) is 24.8. The molecule has 2 atom stereocenters. The molecule has 30 heavy (non-hydrogen) atoms. The molecule has 2 N–H and O–H groups in total. The number of allylic oxidation sites excluding steroid dienone is 4. The zero-order valence-corrected chi connectivity index (χ0v) is 17.8. The number of aliphatic hydroxyl groups excluding tert-OH is 2. The average Bonchev–Trinajstić information content (AvgIpc) is 2.72. The first-order valence-electron chi connectivity index (χ1n) is 10.3. The minimum absolute atomic E-state index is 0.00755. The van der Waals surface area contributed by atoms with E-state index in [0.29, 0.717) is 12.0 Å². The summed E-state index contributed by atoms with van der Waals surface area (Å²) in [5.41, 5.74) is 1.53. The first kappa shape index (κ1) is 23.6. The van der Waals surface area contributed by atoms with Crippen molar-refractivity contribution in [1.29, 1.82) is 0 Å². The van der Waals surface area contributed by atoms with Crippen molar-refractivity contribution < 1.29 is 24.2 Å². The molecule has 2 bridgehead atoms. The Kier molecular flexibility index (Phi) is 9.02. The number of esters is 1. The summed E-state index contributed by atoms with van der Waals surface area (Å²) in [6.07, 6.45) is 9.69. The Labute approximate surface area is 176 Å². The third-order valence-corrected chi connectivity index (χ3v) is 4.65. The fourth-order valence-electron chi connectivity index (χ4n) is 3.06. The SMILES string of the molecule is CC/C=C/c1c2oc(cc1=O)CC(=O)OCC(=C\C(=C\CC)CC)/C=C/C(O)C2O. The molecule has 0 saturated heterocycles. The van der Waals surface area contributed by atoms with Gasteiger partial charge in [-0.05, 0) is 24.8 Å². The van der Waals surface area contributed by atoms with Crippen LogP contribution in [-0.2, 0) is 16.0 Å². The lowest BCUT2D eigenvalue weighted by molar-refractivity contribution is -0.142. The van der Waals surface area contributed by atoms with Crippen LogP contribution in [-0.4, -0.2) is 28.9 Å². The zero-order chi connectivity index (χ0) is 22.1. The normalized spacial score (nSPS) is 23.2. The van der Waals surface area contributed by atoms with Crippen molar-refractivity contribution in [1.82, 2.24) is 0 Å². The largest absolute Gasteiger partial charge is 0.462 e. The van der Waals surface area contributed by atoms with Gasteiger partial charge in [-0.2, -0.15) is 0 Å². The van der Waals surface area contributed by atoms with E-state index in [1.54, 1.807) is 18.2 Å². The molecule has 2 unspecified atom stereocenters. The lowest BCUT2D eigenvalue weighted by atomic mass is 10.0. The van der Waals surface area contributed by atoms with Gasteiger partial charge in [-0.3, -0.25) is 9.59 Å². The Morgan fingerprint density at radius 1 is 1.20 bits per heavy atom. The third kappa shape index (κ3) is 6.40. The van der Waals surface area contributed by atoms with Crippen LogP contribution in [0.15, 0.2) is 56.8 Å². The molecule has 6 heteroatoms. The van der Waals surface area contributed by atoms with E-state index in [0.717, 1.165) is 18.4 Å². The van der Waals surface area contributed by atoms with E-state index in [2.05, 4.69) is 6.08 Å². The lowest BCUT2D eigenvalue weighted by Crippen LogP contribution is -2.22. The van der Waals surface area contributed by atoms with Crippen LogP contribution in [0.1, 0.15) is 63.2 Å². The van der Waals surface area contributed by atoms with Gasteiger partial charge in [0.2, 0.25) is 0 Å². The predicted molar refractivity (Wildman–Crippen MR) is 116 cm³/mol. The molecule has 2 rings (SSSR count). The van der Waals surface area contributed by atoms with Crippen molar-refractivity contribution in [2.75, 3.05) is 6.61 Å². The molecule has 6 nitrogen and oxygen atoms in total. The van der Waals surface area contributed by atoms with Crippen molar-refractivity contribution in [3.05, 3.63) is 74.9 Å². The number of ether oxygens (including phenoxy) is 1. The number of hydrogen-bond acceptors (Lipinski definition) is 6. The van der Waals surface area contributed by atoms with Crippen molar-refractivity contribution in [3.63, 3.8) is 0 Å². The van der Waals surface area contributed by atoms with Crippen LogP contribution in [0.3, 0.4) is 0 Å². The molecule has 0 aliphatic carbocycles. The Balaban J connectivity index is 2.52. The molecule has 0 spiro atoms. The summed E-state index contributed by atoms with van der Waals surface area (Å²) in [5, 5.41) is 21.2. The minimum Gasteiger partial charge on any atom is -0.462 e. The molecule has 0 amide bonds. The van der Waals surface area contributed by atoms with Crippen LogP contribution in [0.4, 0.5) is 0 Å². The van der Waals surface area contributed by atoms with E-state index >= 15 is 0 Å². The molecule has 1 aliphatic heterocycles. The Morgan fingerprint density at radius 2 is 1.97 bits per heavy atom. The quantitative estimate of drug-likeness (QED) is 0.712. The smallest absolute Gasteiger partial charge is 0.313 e. The highest BCUT2D eigenvalue weighted by atomic mass is 16.5. The highest BCUT2D eigenvalue weighted by Crippen LogP contribution is 2.24. The van der Waals surface area contributed by atoms with Crippen LogP contribution in [0.5, 0.6) is 0 Å². The van der Waals surface area contributed by atoms with Crippen molar-refractivity contribution in [3.8, 4) is 0 Å². The van der Waals surface area contributed by atoms with Crippen LogP contribution >= 0.6 is 0 Å². The number of rotatable bonds is 5. The molecule has 0 fully saturated rings. The van der Waals surface area contributed by atoms with Gasteiger partial charge in [-0.15, -0.1) is 0 Å². The highest BCUT2D eigenvalue weighted by Gasteiger charge is 2.25. The first-order chi connectivity index (χ1) is 14.4. The molecule has 1 aromatic rings. The Morgan fingerprint density at radius 3 is 2.63 bits per heavy atom. The van der Waals surface area contributed by atoms with Gasteiger partial charge in [0, 0.05) is 6.07 Å². The summed E-state index contributed by atoms with van der Waals surface area (Å²) in [7, 11) is 0. The summed E-state index contributed by atoms with van der Waals surface area (Å²) in [6.45, 7) is 5.99. The second-order valence-corrected chi connectivity index (χ2v) is 7.06. The molecular formula is C24H30O6. The zero-order valence-electron chi connectivity index (χ0n) is 17.8. The van der Waals surface area contributed by atoms with Gasteiger partial charge in [0.1, 0.15) is 36.8 Å². The molecule has 162 valence electrons. The number of hydrogen-bond donors (Lipinski definition) is 2.